The van der Waals surface area contributed by atoms with Gasteiger partial charge in [0.05, 0.1) is 11.1 Å². The Morgan fingerprint density at radius 3 is 2.96 bits per heavy atom. The molecule has 0 fully saturated rings. The Bertz CT molecular complexity index is 1140. The highest BCUT2D eigenvalue weighted by atomic mass is 16.5. The molecule has 1 aliphatic rings. The number of benzene rings is 2. The smallest absolute Gasteiger partial charge is 0.273 e. The predicted molar refractivity (Wildman–Crippen MR) is 101 cm³/mol. The molecule has 3 heterocycles. The fourth-order valence-electron chi connectivity index (χ4n) is 3.50. The highest BCUT2D eigenvalue weighted by Crippen LogP contribution is 2.38. The van der Waals surface area contributed by atoms with Crippen LogP contribution in [0.4, 0.5) is 0 Å². The minimum atomic E-state index is -0.247. The van der Waals surface area contributed by atoms with Crippen molar-refractivity contribution in [2.24, 2.45) is 0 Å². The van der Waals surface area contributed by atoms with Gasteiger partial charge >= 0.3 is 0 Å². The zero-order valence-corrected chi connectivity index (χ0v) is 14.5. The number of aromatic amines is 1. The zero-order valence-electron chi connectivity index (χ0n) is 14.5. The average Bonchev–Trinajstić information content (AvgIpc) is 3.32. The number of aromatic nitrogens is 2. The van der Waals surface area contributed by atoms with Crippen LogP contribution in [0.25, 0.3) is 22.2 Å². The van der Waals surface area contributed by atoms with E-state index in [0.717, 1.165) is 23.3 Å². The molecule has 0 spiro atoms. The Labute approximate surface area is 155 Å². The van der Waals surface area contributed by atoms with Gasteiger partial charge in [-0.3, -0.25) is 4.79 Å². The normalized spacial score (nSPS) is 12.3. The van der Waals surface area contributed by atoms with Gasteiger partial charge in [-0.15, -0.1) is 0 Å². The molecule has 0 radical (unpaired) electrons. The van der Waals surface area contributed by atoms with Gasteiger partial charge in [0.25, 0.3) is 5.91 Å². The van der Waals surface area contributed by atoms with Crippen molar-refractivity contribution in [1.82, 2.24) is 15.5 Å². The van der Waals surface area contributed by atoms with Gasteiger partial charge in [0, 0.05) is 23.6 Å². The Kier molecular flexibility index (Phi) is 3.67. The maximum absolute atomic E-state index is 12.6. The van der Waals surface area contributed by atoms with Gasteiger partial charge in [-0.05, 0) is 30.2 Å². The standard InChI is InChI=1S/C21H17N3O3/c25-21(22-10-9-13-11-23-17-7-3-1-5-14(13)17)19-16-12-26-18-8-4-2-6-15(18)20(16)27-24-19/h1-8,11,23H,9-10,12H2,(H,22,25). The molecule has 0 unspecified atom stereocenters. The molecule has 5 rings (SSSR count). The maximum atomic E-state index is 12.6. The molecule has 0 saturated heterocycles. The topological polar surface area (TPSA) is 80.2 Å². The molecule has 1 amide bonds. The quantitative estimate of drug-likeness (QED) is 0.582. The highest BCUT2D eigenvalue weighted by Gasteiger charge is 2.28. The molecule has 0 aliphatic carbocycles. The monoisotopic (exact) mass is 359 g/mol. The summed E-state index contributed by atoms with van der Waals surface area (Å²) in [5.74, 6) is 1.11. The summed E-state index contributed by atoms with van der Waals surface area (Å²) in [4.78, 5) is 15.8. The van der Waals surface area contributed by atoms with Crippen molar-refractivity contribution >= 4 is 16.8 Å². The van der Waals surface area contributed by atoms with Crippen LogP contribution in [0, 0.1) is 0 Å². The van der Waals surface area contributed by atoms with Crippen LogP contribution in [0.5, 0.6) is 5.75 Å². The first kappa shape index (κ1) is 15.7. The zero-order chi connectivity index (χ0) is 18.2. The number of fused-ring (bicyclic) bond motifs is 4. The van der Waals surface area contributed by atoms with Gasteiger partial charge in [-0.1, -0.05) is 35.5 Å². The maximum Gasteiger partial charge on any atom is 0.273 e. The number of H-pyrrole nitrogens is 1. The van der Waals surface area contributed by atoms with Crippen LogP contribution in [0.3, 0.4) is 0 Å². The van der Waals surface area contributed by atoms with E-state index in [1.807, 2.05) is 48.7 Å². The lowest BCUT2D eigenvalue weighted by Crippen LogP contribution is -2.27. The summed E-state index contributed by atoms with van der Waals surface area (Å²) in [7, 11) is 0. The molecule has 6 nitrogen and oxygen atoms in total. The number of hydrogen-bond acceptors (Lipinski definition) is 4. The van der Waals surface area contributed by atoms with E-state index < -0.39 is 0 Å². The lowest BCUT2D eigenvalue weighted by atomic mass is 10.0. The second-order valence-electron chi connectivity index (χ2n) is 6.49. The van der Waals surface area contributed by atoms with Crippen LogP contribution in [0.2, 0.25) is 0 Å². The molecular formula is C21H17N3O3. The Hall–Kier alpha value is -3.54. The summed E-state index contributed by atoms with van der Waals surface area (Å²) < 4.78 is 11.2. The molecule has 4 aromatic rings. The highest BCUT2D eigenvalue weighted by molar-refractivity contribution is 5.95. The third kappa shape index (κ3) is 2.66. The Morgan fingerprint density at radius 1 is 1.15 bits per heavy atom. The van der Waals surface area contributed by atoms with E-state index in [1.54, 1.807) is 0 Å². The first-order valence-electron chi connectivity index (χ1n) is 8.85. The first-order valence-corrected chi connectivity index (χ1v) is 8.85. The molecule has 6 heteroatoms. The average molecular weight is 359 g/mol. The van der Waals surface area contributed by atoms with E-state index in [2.05, 4.69) is 21.5 Å². The molecule has 1 aliphatic heterocycles. The predicted octanol–water partition coefficient (Wildman–Crippen LogP) is 3.69. The largest absolute Gasteiger partial charge is 0.488 e. The van der Waals surface area contributed by atoms with Gasteiger partial charge in [0.1, 0.15) is 12.4 Å². The number of hydrogen-bond donors (Lipinski definition) is 2. The minimum Gasteiger partial charge on any atom is -0.488 e. The van der Waals surface area contributed by atoms with Gasteiger partial charge in [-0.2, -0.15) is 0 Å². The number of nitrogens with one attached hydrogen (secondary N) is 2. The fraction of sp³-hybridized carbons (Fsp3) is 0.143. The summed E-state index contributed by atoms with van der Waals surface area (Å²) in [5, 5.41) is 8.10. The second kappa shape index (κ2) is 6.32. The van der Waals surface area contributed by atoms with Gasteiger partial charge < -0.3 is 19.6 Å². The minimum absolute atomic E-state index is 0.247. The van der Waals surface area contributed by atoms with Crippen molar-refractivity contribution in [1.29, 1.82) is 0 Å². The van der Waals surface area contributed by atoms with Crippen LogP contribution in [0.1, 0.15) is 21.6 Å². The lowest BCUT2D eigenvalue weighted by molar-refractivity contribution is 0.0943. The van der Waals surface area contributed by atoms with Crippen molar-refractivity contribution < 1.29 is 14.1 Å². The SMILES string of the molecule is O=C(NCCc1c[nH]c2ccccc12)c1noc2c1COc1ccccc1-2. The van der Waals surface area contributed by atoms with Crippen LogP contribution in [-0.4, -0.2) is 22.6 Å². The van der Waals surface area contributed by atoms with Crippen molar-refractivity contribution in [2.45, 2.75) is 13.0 Å². The van der Waals surface area contributed by atoms with Crippen LogP contribution >= 0.6 is 0 Å². The molecule has 0 bridgehead atoms. The van der Waals surface area contributed by atoms with Crippen molar-refractivity contribution in [2.75, 3.05) is 6.54 Å². The van der Waals surface area contributed by atoms with Crippen LogP contribution < -0.4 is 10.1 Å². The fourth-order valence-corrected chi connectivity index (χ4v) is 3.50. The number of amides is 1. The van der Waals surface area contributed by atoms with Crippen molar-refractivity contribution in [3.8, 4) is 17.1 Å². The third-order valence-electron chi connectivity index (χ3n) is 4.86. The first-order chi connectivity index (χ1) is 13.3. The summed E-state index contributed by atoms with van der Waals surface area (Å²) in [5.41, 5.74) is 4.08. The summed E-state index contributed by atoms with van der Waals surface area (Å²) in [6.45, 7) is 0.792. The number of nitrogens with zero attached hydrogens (tertiary/aromatic N) is 1. The third-order valence-corrected chi connectivity index (χ3v) is 4.86. The van der Waals surface area contributed by atoms with Gasteiger partial charge in [0.15, 0.2) is 11.5 Å². The summed E-state index contributed by atoms with van der Waals surface area (Å²) in [6.07, 6.45) is 2.72. The number of carbonyl (C=O) groups excluding carboxylic acids is 1. The number of rotatable bonds is 4. The summed E-state index contributed by atoms with van der Waals surface area (Å²) in [6, 6.07) is 15.7. The molecule has 2 N–H and O–H groups in total. The van der Waals surface area contributed by atoms with Gasteiger partial charge in [-0.25, -0.2) is 0 Å². The summed E-state index contributed by atoms with van der Waals surface area (Å²) >= 11 is 0. The Morgan fingerprint density at radius 2 is 2.00 bits per heavy atom. The molecule has 0 atom stereocenters. The molecule has 134 valence electrons. The number of carbonyl (C=O) groups is 1. The number of ether oxygens (including phenoxy) is 1. The van der Waals surface area contributed by atoms with E-state index in [9.17, 15) is 4.79 Å². The van der Waals surface area contributed by atoms with E-state index in [1.165, 1.54) is 10.9 Å². The van der Waals surface area contributed by atoms with Crippen molar-refractivity contribution in [3.05, 3.63) is 71.5 Å². The molecule has 2 aromatic heterocycles. The second-order valence-corrected chi connectivity index (χ2v) is 6.49. The van der Waals surface area contributed by atoms with E-state index >= 15 is 0 Å². The molecular weight excluding hydrogens is 342 g/mol. The van der Waals surface area contributed by atoms with Crippen LogP contribution in [0.15, 0.2) is 59.3 Å². The van der Waals surface area contributed by atoms with E-state index in [-0.39, 0.29) is 12.5 Å². The van der Waals surface area contributed by atoms with Gasteiger partial charge in [0.2, 0.25) is 0 Å². The van der Waals surface area contributed by atoms with E-state index in [0.29, 0.717) is 23.6 Å². The van der Waals surface area contributed by atoms with E-state index in [4.69, 9.17) is 9.26 Å². The van der Waals surface area contributed by atoms with Crippen LogP contribution in [-0.2, 0) is 13.0 Å². The molecule has 2 aromatic carbocycles. The lowest BCUT2D eigenvalue weighted by Gasteiger charge is -2.15. The Balaban J connectivity index is 1.31. The molecule has 0 saturated carbocycles. The van der Waals surface area contributed by atoms with Crippen molar-refractivity contribution in [3.63, 3.8) is 0 Å². The molecule has 27 heavy (non-hydrogen) atoms. The number of para-hydroxylation sites is 2.